The van der Waals surface area contributed by atoms with Crippen molar-refractivity contribution in [2.24, 2.45) is 4.99 Å². The Kier molecular flexibility index (Phi) is 13.6. The largest absolute Gasteiger partial charge is 0.383 e. The molecule has 26 heavy (non-hydrogen) atoms. The van der Waals surface area contributed by atoms with E-state index in [1.54, 1.807) is 7.11 Å². The number of nitrogens with one attached hydrogen (secondary N) is 2. The third-order valence-corrected chi connectivity index (χ3v) is 4.65. The average molecular weight is 484 g/mol. The fraction of sp³-hybridized carbons (Fsp3) is 0.944. The molecule has 1 heterocycles. The van der Waals surface area contributed by atoms with Crippen molar-refractivity contribution in [2.75, 3.05) is 66.8 Å². The molecule has 8 heteroatoms. The first-order valence-electron chi connectivity index (χ1n) is 9.70. The van der Waals surface area contributed by atoms with E-state index in [1.807, 2.05) is 7.05 Å². The van der Waals surface area contributed by atoms with Crippen LogP contribution in [0.3, 0.4) is 0 Å². The van der Waals surface area contributed by atoms with Crippen molar-refractivity contribution in [3.8, 4) is 0 Å². The Balaban J connectivity index is 0.00000338. The van der Waals surface area contributed by atoms with E-state index in [9.17, 15) is 0 Å². The van der Waals surface area contributed by atoms with E-state index in [0.717, 1.165) is 77.4 Å². The summed E-state index contributed by atoms with van der Waals surface area (Å²) in [6.07, 6.45) is 6.23. The Hall–Kier alpha value is -0.160. The number of aliphatic imine (C=N–C) groups is 1. The lowest BCUT2D eigenvalue weighted by Gasteiger charge is -2.22. The Bertz CT molecular complexity index is 377. The first-order chi connectivity index (χ1) is 12.3. The highest BCUT2D eigenvalue weighted by Gasteiger charge is 2.28. The van der Waals surface area contributed by atoms with Crippen molar-refractivity contribution in [3.05, 3.63) is 0 Å². The molecule has 0 aromatic carbocycles. The second-order valence-electron chi connectivity index (χ2n) is 6.75. The minimum atomic E-state index is 0. The summed E-state index contributed by atoms with van der Waals surface area (Å²) < 4.78 is 16.4. The SMILES string of the molecule is CN=C(NCCCOCC1CCCO1)NCCN(CCOC)C1CC1.I. The maximum absolute atomic E-state index is 5.67. The maximum atomic E-state index is 5.67. The Morgan fingerprint density at radius 3 is 2.62 bits per heavy atom. The van der Waals surface area contributed by atoms with Gasteiger partial charge >= 0.3 is 0 Å². The lowest BCUT2D eigenvalue weighted by atomic mass is 10.2. The summed E-state index contributed by atoms with van der Waals surface area (Å²) in [6, 6.07) is 0.757. The number of ether oxygens (including phenoxy) is 3. The predicted octanol–water partition coefficient (Wildman–Crippen LogP) is 1.47. The third-order valence-electron chi connectivity index (χ3n) is 4.65. The molecule has 0 radical (unpaired) electrons. The van der Waals surface area contributed by atoms with Crippen LogP contribution in [-0.2, 0) is 14.2 Å². The maximum Gasteiger partial charge on any atom is 0.191 e. The summed E-state index contributed by atoms with van der Waals surface area (Å²) in [5.41, 5.74) is 0. The van der Waals surface area contributed by atoms with Gasteiger partial charge < -0.3 is 24.8 Å². The fourth-order valence-corrected chi connectivity index (χ4v) is 3.04. The molecule has 2 fully saturated rings. The summed E-state index contributed by atoms with van der Waals surface area (Å²) in [7, 11) is 3.58. The van der Waals surface area contributed by atoms with Gasteiger partial charge in [0.2, 0.25) is 0 Å². The highest BCUT2D eigenvalue weighted by Crippen LogP contribution is 2.25. The number of guanidine groups is 1. The molecular formula is C18H37IN4O3. The summed E-state index contributed by atoms with van der Waals surface area (Å²) in [4.78, 5) is 6.78. The van der Waals surface area contributed by atoms with Crippen molar-refractivity contribution in [1.29, 1.82) is 0 Å². The van der Waals surface area contributed by atoms with E-state index in [4.69, 9.17) is 14.2 Å². The van der Waals surface area contributed by atoms with Gasteiger partial charge in [-0.05, 0) is 32.1 Å². The van der Waals surface area contributed by atoms with Crippen molar-refractivity contribution in [2.45, 2.75) is 44.2 Å². The Labute approximate surface area is 175 Å². The Morgan fingerprint density at radius 2 is 1.96 bits per heavy atom. The molecule has 2 aliphatic rings. The second kappa shape index (κ2) is 14.8. The van der Waals surface area contributed by atoms with Gasteiger partial charge in [0.15, 0.2) is 5.96 Å². The molecule has 2 rings (SSSR count). The number of hydrogen-bond acceptors (Lipinski definition) is 5. The lowest BCUT2D eigenvalue weighted by molar-refractivity contribution is 0.0168. The van der Waals surface area contributed by atoms with Crippen molar-refractivity contribution in [3.63, 3.8) is 0 Å². The molecule has 0 bridgehead atoms. The molecule has 2 N–H and O–H groups in total. The van der Waals surface area contributed by atoms with Crippen LogP contribution in [0.25, 0.3) is 0 Å². The molecule has 1 atom stereocenters. The smallest absolute Gasteiger partial charge is 0.191 e. The predicted molar refractivity (Wildman–Crippen MR) is 116 cm³/mol. The lowest BCUT2D eigenvalue weighted by Crippen LogP contribution is -2.43. The van der Waals surface area contributed by atoms with Gasteiger partial charge in [0.25, 0.3) is 0 Å². The van der Waals surface area contributed by atoms with Gasteiger partial charge in [-0.15, -0.1) is 24.0 Å². The van der Waals surface area contributed by atoms with Crippen LogP contribution >= 0.6 is 24.0 Å². The first kappa shape index (κ1) is 23.9. The van der Waals surface area contributed by atoms with Gasteiger partial charge in [0.05, 0.1) is 19.3 Å². The highest BCUT2D eigenvalue weighted by atomic mass is 127. The highest BCUT2D eigenvalue weighted by molar-refractivity contribution is 14.0. The molecule has 0 spiro atoms. The van der Waals surface area contributed by atoms with Crippen LogP contribution in [0.5, 0.6) is 0 Å². The number of halogens is 1. The van der Waals surface area contributed by atoms with Gasteiger partial charge in [-0.1, -0.05) is 0 Å². The zero-order valence-electron chi connectivity index (χ0n) is 16.4. The summed E-state index contributed by atoms with van der Waals surface area (Å²) in [6.45, 7) is 6.98. The van der Waals surface area contributed by atoms with Crippen LogP contribution in [0, 0.1) is 0 Å². The van der Waals surface area contributed by atoms with E-state index in [2.05, 4.69) is 20.5 Å². The number of rotatable bonds is 13. The van der Waals surface area contributed by atoms with Crippen LogP contribution in [-0.4, -0.2) is 89.8 Å². The van der Waals surface area contributed by atoms with Crippen LogP contribution in [0.4, 0.5) is 0 Å². The van der Waals surface area contributed by atoms with E-state index in [0.29, 0.717) is 6.10 Å². The molecule has 154 valence electrons. The average Bonchev–Trinajstić information content (AvgIpc) is 3.34. The topological polar surface area (TPSA) is 67.4 Å². The summed E-state index contributed by atoms with van der Waals surface area (Å²) in [5, 5.41) is 6.73. The Morgan fingerprint density at radius 1 is 1.15 bits per heavy atom. The van der Waals surface area contributed by atoms with Gasteiger partial charge in [-0.3, -0.25) is 9.89 Å². The molecular weight excluding hydrogens is 447 g/mol. The normalized spacial score (nSPS) is 20.3. The number of methoxy groups -OCH3 is 1. The number of nitrogens with zero attached hydrogens (tertiary/aromatic N) is 2. The standard InChI is InChI=1S/C18H36N4O3.HI/c1-19-18(20-8-4-12-24-15-17-5-3-13-25-17)21-9-10-22(11-14-23-2)16-6-7-16;/h16-17H,3-15H2,1-2H3,(H2,19,20,21);1H. The van der Waals surface area contributed by atoms with Crippen molar-refractivity contribution >= 4 is 29.9 Å². The van der Waals surface area contributed by atoms with Crippen LogP contribution < -0.4 is 10.6 Å². The quantitative estimate of drug-likeness (QED) is 0.179. The zero-order valence-corrected chi connectivity index (χ0v) is 18.7. The van der Waals surface area contributed by atoms with Crippen molar-refractivity contribution < 1.29 is 14.2 Å². The molecule has 1 unspecified atom stereocenters. The van der Waals surface area contributed by atoms with Gasteiger partial charge in [0.1, 0.15) is 0 Å². The van der Waals surface area contributed by atoms with Crippen LogP contribution in [0.2, 0.25) is 0 Å². The number of hydrogen-bond donors (Lipinski definition) is 2. The van der Waals surface area contributed by atoms with Crippen LogP contribution in [0.1, 0.15) is 32.1 Å². The third kappa shape index (κ3) is 10.2. The van der Waals surface area contributed by atoms with E-state index in [-0.39, 0.29) is 24.0 Å². The van der Waals surface area contributed by atoms with E-state index in [1.165, 1.54) is 19.3 Å². The van der Waals surface area contributed by atoms with Crippen LogP contribution in [0.15, 0.2) is 4.99 Å². The molecule has 0 aromatic heterocycles. The molecule has 7 nitrogen and oxygen atoms in total. The van der Waals surface area contributed by atoms with Gasteiger partial charge in [0, 0.05) is 59.6 Å². The molecule has 1 aliphatic heterocycles. The van der Waals surface area contributed by atoms with E-state index < -0.39 is 0 Å². The summed E-state index contributed by atoms with van der Waals surface area (Å²) >= 11 is 0. The van der Waals surface area contributed by atoms with Gasteiger partial charge in [-0.25, -0.2) is 0 Å². The van der Waals surface area contributed by atoms with Crippen molar-refractivity contribution in [1.82, 2.24) is 15.5 Å². The zero-order chi connectivity index (χ0) is 17.7. The molecule has 0 aromatic rings. The fourth-order valence-electron chi connectivity index (χ4n) is 3.04. The monoisotopic (exact) mass is 484 g/mol. The molecule has 1 aliphatic carbocycles. The molecule has 0 amide bonds. The minimum Gasteiger partial charge on any atom is -0.383 e. The molecule has 1 saturated carbocycles. The van der Waals surface area contributed by atoms with Gasteiger partial charge in [-0.2, -0.15) is 0 Å². The molecule has 1 saturated heterocycles. The second-order valence-corrected chi connectivity index (χ2v) is 6.75. The van der Waals surface area contributed by atoms with E-state index >= 15 is 0 Å². The first-order valence-corrected chi connectivity index (χ1v) is 9.70. The minimum absolute atomic E-state index is 0. The summed E-state index contributed by atoms with van der Waals surface area (Å²) in [5.74, 6) is 0.863.